The van der Waals surface area contributed by atoms with E-state index in [1.165, 1.54) is 6.07 Å². The summed E-state index contributed by atoms with van der Waals surface area (Å²) in [5, 5.41) is 8.84. The van der Waals surface area contributed by atoms with Crippen molar-refractivity contribution >= 4 is 21.6 Å². The summed E-state index contributed by atoms with van der Waals surface area (Å²) in [6, 6.07) is 4.78. The molecular formula is C10H9BrFNO2. The van der Waals surface area contributed by atoms with Crippen LogP contribution in [-0.4, -0.2) is 17.8 Å². The van der Waals surface area contributed by atoms with E-state index in [0.29, 0.717) is 15.7 Å². The van der Waals surface area contributed by atoms with E-state index in [1.54, 1.807) is 18.2 Å². The maximum atomic E-state index is 13.2. The van der Waals surface area contributed by atoms with Crippen molar-refractivity contribution in [1.29, 1.82) is 0 Å². The quantitative estimate of drug-likeness (QED) is 0.864. The van der Waals surface area contributed by atoms with Gasteiger partial charge in [0.25, 0.3) is 0 Å². The summed E-state index contributed by atoms with van der Waals surface area (Å²) in [4.78, 5) is 5.01. The van der Waals surface area contributed by atoms with Crippen LogP contribution in [0.2, 0.25) is 0 Å². The van der Waals surface area contributed by atoms with E-state index >= 15 is 0 Å². The van der Waals surface area contributed by atoms with Crippen LogP contribution in [-0.2, 0) is 4.84 Å². The number of benzene rings is 1. The summed E-state index contributed by atoms with van der Waals surface area (Å²) in [6.07, 6.45) is 1.34. The molecule has 15 heavy (non-hydrogen) atoms. The molecule has 1 aliphatic rings. The van der Waals surface area contributed by atoms with Gasteiger partial charge in [-0.05, 0) is 34.1 Å². The molecule has 0 aliphatic carbocycles. The highest BCUT2D eigenvalue weighted by Crippen LogP contribution is 2.22. The van der Waals surface area contributed by atoms with E-state index in [0.717, 1.165) is 0 Å². The Hall–Kier alpha value is -0.910. The smallest absolute Gasteiger partial charge is 0.138 e. The predicted octanol–water partition coefficient (Wildman–Crippen LogP) is 1.82. The summed E-state index contributed by atoms with van der Waals surface area (Å²) in [5.41, 5.74) is 3.99. The van der Waals surface area contributed by atoms with Gasteiger partial charge < -0.3 is 5.11 Å². The molecule has 80 valence electrons. The molecule has 1 heterocycles. The zero-order chi connectivity index (χ0) is 10.8. The van der Waals surface area contributed by atoms with Crippen molar-refractivity contribution in [3.8, 4) is 0 Å². The first kappa shape index (κ1) is 10.6. The molecule has 1 unspecified atom stereocenters. The van der Waals surface area contributed by atoms with Gasteiger partial charge >= 0.3 is 0 Å². The fourth-order valence-electron chi connectivity index (χ4n) is 1.30. The van der Waals surface area contributed by atoms with Crippen LogP contribution in [0.25, 0.3) is 5.70 Å². The minimum absolute atomic E-state index is 0.102. The lowest BCUT2D eigenvalue weighted by atomic mass is 10.1. The standard InChI is InChI=1S/C10H9BrFNO2/c11-8-2-1-6(3-9(8)12)10-4-7(5-14)15-13-10/h1-4,7,13-14H,5H2. The molecule has 0 bridgehead atoms. The molecule has 2 N–H and O–H groups in total. The van der Waals surface area contributed by atoms with Crippen LogP contribution in [0.15, 0.2) is 28.7 Å². The summed E-state index contributed by atoms with van der Waals surface area (Å²) >= 11 is 3.08. The van der Waals surface area contributed by atoms with E-state index < -0.39 is 0 Å². The Kier molecular flexibility index (Phi) is 3.04. The Morgan fingerprint density at radius 3 is 2.93 bits per heavy atom. The molecular weight excluding hydrogens is 265 g/mol. The topological polar surface area (TPSA) is 41.5 Å². The molecule has 1 aliphatic heterocycles. The van der Waals surface area contributed by atoms with Crippen molar-refractivity contribution in [2.45, 2.75) is 6.10 Å². The third kappa shape index (κ3) is 2.19. The molecule has 0 radical (unpaired) electrons. The van der Waals surface area contributed by atoms with E-state index in [4.69, 9.17) is 9.94 Å². The van der Waals surface area contributed by atoms with Gasteiger partial charge in [-0.3, -0.25) is 10.3 Å². The zero-order valence-electron chi connectivity index (χ0n) is 7.71. The fourth-order valence-corrected chi connectivity index (χ4v) is 1.55. The highest BCUT2D eigenvalue weighted by molar-refractivity contribution is 9.10. The molecule has 5 heteroatoms. The van der Waals surface area contributed by atoms with E-state index in [9.17, 15) is 4.39 Å². The maximum Gasteiger partial charge on any atom is 0.138 e. The van der Waals surface area contributed by atoms with Gasteiger partial charge in [-0.1, -0.05) is 6.07 Å². The van der Waals surface area contributed by atoms with Gasteiger partial charge in [0.2, 0.25) is 0 Å². The Morgan fingerprint density at radius 1 is 1.53 bits per heavy atom. The first-order valence-electron chi connectivity index (χ1n) is 4.40. The molecule has 2 rings (SSSR count). The van der Waals surface area contributed by atoms with Gasteiger partial charge in [-0.25, -0.2) is 4.39 Å². The first-order valence-corrected chi connectivity index (χ1v) is 5.20. The number of hydrogen-bond donors (Lipinski definition) is 2. The number of aliphatic hydroxyl groups excluding tert-OH is 1. The lowest BCUT2D eigenvalue weighted by Gasteiger charge is -2.04. The summed E-state index contributed by atoms with van der Waals surface area (Å²) < 4.78 is 13.6. The molecule has 0 amide bonds. The Morgan fingerprint density at radius 2 is 2.33 bits per heavy atom. The highest BCUT2D eigenvalue weighted by atomic mass is 79.9. The number of nitrogens with one attached hydrogen (secondary N) is 1. The Balaban J connectivity index is 2.27. The average molecular weight is 274 g/mol. The summed E-state index contributed by atoms with van der Waals surface area (Å²) in [6.45, 7) is -0.102. The third-order valence-corrected chi connectivity index (χ3v) is 2.73. The van der Waals surface area contributed by atoms with E-state index in [2.05, 4.69) is 21.4 Å². The van der Waals surface area contributed by atoms with Crippen LogP contribution in [0.1, 0.15) is 5.56 Å². The van der Waals surface area contributed by atoms with Gasteiger partial charge in [0.1, 0.15) is 11.9 Å². The van der Waals surface area contributed by atoms with Crippen molar-refractivity contribution in [3.63, 3.8) is 0 Å². The van der Waals surface area contributed by atoms with Gasteiger partial charge in [0.05, 0.1) is 16.8 Å². The second-order valence-electron chi connectivity index (χ2n) is 3.15. The Labute approximate surface area is 94.6 Å². The third-order valence-electron chi connectivity index (χ3n) is 2.08. The summed E-state index contributed by atoms with van der Waals surface area (Å²) in [5.74, 6) is -0.331. The molecule has 1 aromatic carbocycles. The summed E-state index contributed by atoms with van der Waals surface area (Å²) in [7, 11) is 0. The lowest BCUT2D eigenvalue weighted by Crippen LogP contribution is -2.15. The minimum Gasteiger partial charge on any atom is -0.393 e. The van der Waals surface area contributed by atoms with Crippen molar-refractivity contribution < 1.29 is 14.3 Å². The highest BCUT2D eigenvalue weighted by Gasteiger charge is 2.16. The van der Waals surface area contributed by atoms with Gasteiger partial charge in [-0.15, -0.1) is 0 Å². The molecule has 1 atom stereocenters. The normalized spacial score (nSPS) is 19.9. The van der Waals surface area contributed by atoms with Crippen LogP contribution in [0.4, 0.5) is 4.39 Å². The largest absolute Gasteiger partial charge is 0.393 e. The first-order chi connectivity index (χ1) is 7.20. The number of hydrogen-bond acceptors (Lipinski definition) is 3. The molecule has 3 nitrogen and oxygen atoms in total. The number of halogens is 2. The van der Waals surface area contributed by atoms with Crippen molar-refractivity contribution in [2.75, 3.05) is 6.61 Å². The monoisotopic (exact) mass is 273 g/mol. The number of aliphatic hydroxyl groups is 1. The molecule has 0 saturated carbocycles. The lowest BCUT2D eigenvalue weighted by molar-refractivity contribution is 0.0173. The van der Waals surface area contributed by atoms with Crippen LogP contribution >= 0.6 is 15.9 Å². The van der Waals surface area contributed by atoms with Crippen LogP contribution in [0.3, 0.4) is 0 Å². The Bertz CT molecular complexity index is 408. The van der Waals surface area contributed by atoms with Crippen LogP contribution < -0.4 is 5.48 Å². The molecule has 0 saturated heterocycles. The molecule has 0 fully saturated rings. The van der Waals surface area contributed by atoms with Crippen LogP contribution in [0, 0.1) is 5.82 Å². The van der Waals surface area contributed by atoms with E-state index in [1.807, 2.05) is 0 Å². The predicted molar refractivity (Wildman–Crippen MR) is 57.2 cm³/mol. The number of hydroxylamine groups is 1. The minimum atomic E-state index is -0.369. The van der Waals surface area contributed by atoms with Crippen molar-refractivity contribution in [3.05, 3.63) is 40.1 Å². The average Bonchev–Trinajstić information content (AvgIpc) is 2.70. The second-order valence-corrected chi connectivity index (χ2v) is 4.00. The SMILES string of the molecule is OCC1C=C(c2ccc(Br)c(F)c2)NO1. The van der Waals surface area contributed by atoms with Crippen molar-refractivity contribution in [1.82, 2.24) is 5.48 Å². The molecule has 1 aromatic rings. The van der Waals surface area contributed by atoms with Crippen molar-refractivity contribution in [2.24, 2.45) is 0 Å². The van der Waals surface area contributed by atoms with Gasteiger partial charge in [0, 0.05) is 5.56 Å². The second kappa shape index (κ2) is 4.30. The van der Waals surface area contributed by atoms with Gasteiger partial charge in [0.15, 0.2) is 0 Å². The fraction of sp³-hybridized carbons (Fsp3) is 0.200. The van der Waals surface area contributed by atoms with Crippen LogP contribution in [0.5, 0.6) is 0 Å². The van der Waals surface area contributed by atoms with E-state index in [-0.39, 0.29) is 18.5 Å². The van der Waals surface area contributed by atoms with Gasteiger partial charge in [-0.2, -0.15) is 0 Å². The molecule has 0 aromatic heterocycles. The number of rotatable bonds is 2. The zero-order valence-corrected chi connectivity index (χ0v) is 9.29. The maximum absolute atomic E-state index is 13.2. The molecule has 0 spiro atoms.